The van der Waals surface area contributed by atoms with E-state index in [0.29, 0.717) is 17.9 Å². The Balaban J connectivity index is 1.30. The Morgan fingerprint density at radius 3 is 2.21 bits per heavy atom. The van der Waals surface area contributed by atoms with Gasteiger partial charge in [0.05, 0.1) is 17.2 Å². The van der Waals surface area contributed by atoms with Crippen molar-refractivity contribution in [2.24, 2.45) is 0 Å². The highest BCUT2D eigenvalue weighted by Gasteiger charge is 2.51. The van der Waals surface area contributed by atoms with Gasteiger partial charge in [0, 0.05) is 33.6 Å². The summed E-state index contributed by atoms with van der Waals surface area (Å²) >= 11 is 0. The van der Waals surface area contributed by atoms with Crippen LogP contribution in [0.3, 0.4) is 0 Å². The second-order valence-corrected chi connectivity index (χ2v) is 8.89. The molecule has 0 spiro atoms. The van der Waals surface area contributed by atoms with Gasteiger partial charge in [-0.2, -0.15) is 0 Å². The van der Waals surface area contributed by atoms with Crippen molar-refractivity contribution in [2.45, 2.75) is 58.4 Å². The summed E-state index contributed by atoms with van der Waals surface area (Å²) in [6.45, 7) is 13.0. The van der Waals surface area contributed by atoms with E-state index in [0.717, 1.165) is 25.1 Å². The van der Waals surface area contributed by atoms with Crippen molar-refractivity contribution >= 4 is 18.6 Å². The molecule has 0 amide bonds. The number of nitrogens with zero attached hydrogens (tertiary/aromatic N) is 4. The molecule has 0 atom stereocenters. The Bertz CT molecular complexity index is 814. The quantitative estimate of drug-likeness (QED) is 0.731. The molecule has 7 nitrogen and oxygen atoms in total. The molecule has 0 aliphatic carbocycles. The highest BCUT2D eigenvalue weighted by atomic mass is 16.7. The fourth-order valence-corrected chi connectivity index (χ4v) is 3.52. The van der Waals surface area contributed by atoms with E-state index in [4.69, 9.17) is 13.7 Å². The fourth-order valence-electron chi connectivity index (χ4n) is 3.52. The second-order valence-electron chi connectivity index (χ2n) is 8.89. The normalized spacial score (nSPS) is 21.7. The number of anilines is 1. The van der Waals surface area contributed by atoms with Crippen molar-refractivity contribution in [1.82, 2.24) is 15.1 Å². The third kappa shape index (κ3) is 3.56. The zero-order valence-corrected chi connectivity index (χ0v) is 17.6. The van der Waals surface area contributed by atoms with E-state index in [1.807, 2.05) is 14.0 Å². The van der Waals surface area contributed by atoms with Crippen molar-refractivity contribution in [2.75, 3.05) is 25.0 Å². The minimum atomic E-state index is -0.314. The Morgan fingerprint density at radius 2 is 1.68 bits per heavy atom. The molecule has 0 radical (unpaired) electrons. The van der Waals surface area contributed by atoms with Gasteiger partial charge >= 0.3 is 13.1 Å². The zero-order chi connectivity index (χ0) is 20.1. The predicted molar refractivity (Wildman–Crippen MR) is 109 cm³/mol. The molecule has 2 aliphatic rings. The van der Waals surface area contributed by atoms with E-state index in [-0.39, 0.29) is 18.3 Å². The van der Waals surface area contributed by atoms with Crippen LogP contribution in [0.4, 0.5) is 6.01 Å². The van der Waals surface area contributed by atoms with Gasteiger partial charge in [-0.1, -0.05) is 29.4 Å². The van der Waals surface area contributed by atoms with Crippen LogP contribution in [0.5, 0.6) is 0 Å². The lowest BCUT2D eigenvalue weighted by Crippen LogP contribution is -2.58. The van der Waals surface area contributed by atoms with Gasteiger partial charge in [-0.05, 0) is 38.7 Å². The maximum atomic E-state index is 6.13. The van der Waals surface area contributed by atoms with Crippen molar-refractivity contribution in [3.8, 4) is 0 Å². The maximum absolute atomic E-state index is 6.13. The standard InChI is InChI=1S/C20H29BN4O3/c1-14-22-23-18(26-14)24(6)17-12-25(13-17)11-15-7-9-16(10-8-15)21-27-19(2,3)20(4,5)28-21/h7-10,17H,11-13H2,1-6H3. The summed E-state index contributed by atoms with van der Waals surface area (Å²) in [7, 11) is 1.70. The van der Waals surface area contributed by atoms with Crippen LogP contribution in [0.15, 0.2) is 28.7 Å². The maximum Gasteiger partial charge on any atom is 0.494 e. The molecular weight excluding hydrogens is 355 g/mol. The number of hydrogen-bond donors (Lipinski definition) is 0. The van der Waals surface area contributed by atoms with Crippen molar-refractivity contribution in [1.29, 1.82) is 0 Å². The molecule has 28 heavy (non-hydrogen) atoms. The highest BCUT2D eigenvalue weighted by molar-refractivity contribution is 6.62. The number of rotatable bonds is 5. The molecule has 2 saturated heterocycles. The van der Waals surface area contributed by atoms with Gasteiger partial charge in [-0.15, -0.1) is 5.10 Å². The SMILES string of the molecule is Cc1nnc(N(C)C2CN(Cc3ccc(B4OC(C)(C)C(C)(C)O4)cc3)C2)o1. The van der Waals surface area contributed by atoms with Gasteiger partial charge in [-0.25, -0.2) is 0 Å². The number of likely N-dealkylation sites (N-methyl/N-ethyl adjacent to an activating group) is 1. The second kappa shape index (κ2) is 6.86. The van der Waals surface area contributed by atoms with Crippen molar-refractivity contribution in [3.05, 3.63) is 35.7 Å². The number of likely N-dealkylation sites (tertiary alicyclic amines) is 1. The van der Waals surface area contributed by atoms with Gasteiger partial charge < -0.3 is 18.6 Å². The summed E-state index contributed by atoms with van der Waals surface area (Å²) in [5.41, 5.74) is 1.73. The highest BCUT2D eigenvalue weighted by Crippen LogP contribution is 2.36. The summed E-state index contributed by atoms with van der Waals surface area (Å²) in [6, 6.07) is 9.56. The lowest BCUT2D eigenvalue weighted by molar-refractivity contribution is 0.00578. The molecule has 0 saturated carbocycles. The number of benzene rings is 1. The molecule has 1 aromatic carbocycles. The van der Waals surface area contributed by atoms with Crippen LogP contribution in [0, 0.1) is 6.92 Å². The molecule has 3 heterocycles. The molecule has 150 valence electrons. The molecule has 0 unspecified atom stereocenters. The number of aryl methyl sites for hydroxylation is 1. The molecular formula is C20H29BN4O3. The first-order valence-corrected chi connectivity index (χ1v) is 9.84. The van der Waals surface area contributed by atoms with E-state index in [2.05, 4.69) is 72.0 Å². The number of aromatic nitrogens is 2. The molecule has 2 aliphatic heterocycles. The molecule has 1 aromatic heterocycles. The summed E-state index contributed by atoms with van der Waals surface area (Å²) in [6.07, 6.45) is 0. The van der Waals surface area contributed by atoms with E-state index >= 15 is 0 Å². The van der Waals surface area contributed by atoms with Gasteiger partial charge in [0.25, 0.3) is 0 Å². The van der Waals surface area contributed by atoms with Gasteiger partial charge in [0.2, 0.25) is 5.89 Å². The average molecular weight is 384 g/mol. The molecule has 2 fully saturated rings. The average Bonchev–Trinajstić information content (AvgIpc) is 3.11. The third-order valence-corrected chi connectivity index (χ3v) is 6.21. The molecule has 2 aromatic rings. The van der Waals surface area contributed by atoms with Crippen LogP contribution in [-0.2, 0) is 15.9 Å². The zero-order valence-electron chi connectivity index (χ0n) is 17.6. The van der Waals surface area contributed by atoms with Crippen LogP contribution in [0.1, 0.15) is 39.1 Å². The van der Waals surface area contributed by atoms with Crippen LogP contribution in [0.2, 0.25) is 0 Å². The van der Waals surface area contributed by atoms with Crippen molar-refractivity contribution in [3.63, 3.8) is 0 Å². The topological polar surface area (TPSA) is 63.9 Å². The van der Waals surface area contributed by atoms with Gasteiger partial charge in [-0.3, -0.25) is 4.90 Å². The van der Waals surface area contributed by atoms with Crippen molar-refractivity contribution < 1.29 is 13.7 Å². The monoisotopic (exact) mass is 384 g/mol. The van der Waals surface area contributed by atoms with E-state index in [1.165, 1.54) is 5.56 Å². The Kier molecular flexibility index (Phi) is 4.76. The minimum Gasteiger partial charge on any atom is -0.408 e. The smallest absolute Gasteiger partial charge is 0.408 e. The van der Waals surface area contributed by atoms with Crippen LogP contribution >= 0.6 is 0 Å². The van der Waals surface area contributed by atoms with Crippen LogP contribution < -0.4 is 10.4 Å². The lowest BCUT2D eigenvalue weighted by atomic mass is 9.79. The predicted octanol–water partition coefficient (Wildman–Crippen LogP) is 2.00. The Morgan fingerprint density at radius 1 is 1.07 bits per heavy atom. The van der Waals surface area contributed by atoms with Crippen LogP contribution in [0.25, 0.3) is 0 Å². The lowest BCUT2D eigenvalue weighted by Gasteiger charge is -2.43. The summed E-state index contributed by atoms with van der Waals surface area (Å²) in [5, 5.41) is 7.99. The molecule has 4 rings (SSSR count). The van der Waals surface area contributed by atoms with Crippen LogP contribution in [-0.4, -0.2) is 59.6 Å². The first-order valence-electron chi connectivity index (χ1n) is 9.84. The fraction of sp³-hybridized carbons (Fsp3) is 0.600. The van der Waals surface area contributed by atoms with E-state index in [9.17, 15) is 0 Å². The number of hydrogen-bond acceptors (Lipinski definition) is 7. The van der Waals surface area contributed by atoms with Gasteiger partial charge in [0.15, 0.2) is 0 Å². The Labute approximate surface area is 167 Å². The molecule has 0 N–H and O–H groups in total. The van der Waals surface area contributed by atoms with E-state index in [1.54, 1.807) is 0 Å². The first-order chi connectivity index (χ1) is 13.1. The Hall–Kier alpha value is -1.90. The largest absolute Gasteiger partial charge is 0.494 e. The first kappa shape index (κ1) is 19.4. The third-order valence-electron chi connectivity index (χ3n) is 6.21. The summed E-state index contributed by atoms with van der Waals surface area (Å²) in [4.78, 5) is 4.48. The molecule has 8 heteroatoms. The van der Waals surface area contributed by atoms with E-state index < -0.39 is 0 Å². The minimum absolute atomic E-state index is 0.307. The summed E-state index contributed by atoms with van der Waals surface area (Å²) in [5.74, 6) is 0.597. The summed E-state index contributed by atoms with van der Waals surface area (Å²) < 4.78 is 17.8. The van der Waals surface area contributed by atoms with Gasteiger partial charge in [0.1, 0.15) is 0 Å². The molecule has 0 bridgehead atoms.